The minimum atomic E-state index is -0.119. The average molecular weight is 374 g/mol. The van der Waals surface area contributed by atoms with Crippen molar-refractivity contribution in [3.05, 3.63) is 35.5 Å². The molecule has 1 aromatic heterocycles. The van der Waals surface area contributed by atoms with Gasteiger partial charge in [0, 0.05) is 31.3 Å². The van der Waals surface area contributed by atoms with E-state index in [9.17, 15) is 4.79 Å². The third kappa shape index (κ3) is 4.77. The van der Waals surface area contributed by atoms with Crippen molar-refractivity contribution in [3.8, 4) is 5.75 Å². The first-order chi connectivity index (χ1) is 13.1. The number of urea groups is 1. The van der Waals surface area contributed by atoms with Crippen molar-refractivity contribution in [1.29, 1.82) is 0 Å². The number of nitrogens with zero attached hydrogens (tertiary/aromatic N) is 3. The summed E-state index contributed by atoms with van der Waals surface area (Å²) >= 11 is 0. The zero-order valence-corrected chi connectivity index (χ0v) is 16.0. The van der Waals surface area contributed by atoms with Gasteiger partial charge in [0.15, 0.2) is 5.82 Å². The minimum absolute atomic E-state index is 0.0700. The van der Waals surface area contributed by atoms with Crippen molar-refractivity contribution in [2.45, 2.75) is 39.2 Å². The smallest absolute Gasteiger partial charge is 0.321 e. The topological polar surface area (TPSA) is 89.7 Å². The lowest BCUT2D eigenvalue weighted by Crippen LogP contribution is -2.42. The summed E-state index contributed by atoms with van der Waals surface area (Å²) in [5.74, 6) is 1.95. The van der Waals surface area contributed by atoms with E-state index in [0.717, 1.165) is 29.8 Å². The molecule has 0 radical (unpaired) electrons. The molecule has 0 spiro atoms. The van der Waals surface area contributed by atoms with Crippen LogP contribution in [-0.2, 0) is 11.3 Å². The summed E-state index contributed by atoms with van der Waals surface area (Å²) in [6, 6.07) is 5.47. The Labute approximate surface area is 158 Å². The number of nitrogens with one attached hydrogen (secondary N) is 1. The molecule has 2 amide bonds. The SMILES string of the molecule is CCOCc1nc(C2CCCN(C(=O)Nc3ccc(OC)cc3C)C2)no1. The standard InChI is InChI=1S/C19H26N4O4/c1-4-26-12-17-21-18(22-27-17)14-6-5-9-23(11-14)19(24)20-16-8-7-15(25-3)10-13(16)2/h7-8,10,14H,4-6,9,11-12H2,1-3H3,(H,20,24). The summed E-state index contributed by atoms with van der Waals surface area (Å²) in [6.07, 6.45) is 1.83. The second-order valence-corrected chi connectivity index (χ2v) is 6.58. The van der Waals surface area contributed by atoms with E-state index in [0.29, 0.717) is 38.0 Å². The van der Waals surface area contributed by atoms with Crippen LogP contribution in [0, 0.1) is 6.92 Å². The van der Waals surface area contributed by atoms with Crippen LogP contribution in [0.3, 0.4) is 0 Å². The number of hydrogen-bond donors (Lipinski definition) is 1. The Balaban J connectivity index is 1.61. The lowest BCUT2D eigenvalue weighted by atomic mass is 9.97. The van der Waals surface area contributed by atoms with E-state index in [2.05, 4.69) is 15.5 Å². The number of piperidine rings is 1. The predicted octanol–water partition coefficient (Wildman–Crippen LogP) is 3.33. The first kappa shape index (κ1) is 19.2. The summed E-state index contributed by atoms with van der Waals surface area (Å²) in [4.78, 5) is 18.9. The van der Waals surface area contributed by atoms with E-state index in [1.807, 2.05) is 32.0 Å². The molecule has 146 valence electrons. The Morgan fingerprint density at radius 1 is 1.44 bits per heavy atom. The van der Waals surface area contributed by atoms with Crippen LogP contribution < -0.4 is 10.1 Å². The summed E-state index contributed by atoms with van der Waals surface area (Å²) in [5, 5.41) is 7.05. The van der Waals surface area contributed by atoms with E-state index in [1.165, 1.54) is 0 Å². The number of aryl methyl sites for hydroxylation is 1. The van der Waals surface area contributed by atoms with Crippen molar-refractivity contribution < 1.29 is 18.8 Å². The number of likely N-dealkylation sites (tertiary alicyclic amines) is 1. The molecule has 1 N–H and O–H groups in total. The Kier molecular flexibility index (Phi) is 6.28. The molecular formula is C19H26N4O4. The number of carbonyl (C=O) groups excluding carboxylic acids is 1. The summed E-state index contributed by atoms with van der Waals surface area (Å²) in [7, 11) is 1.62. The number of amides is 2. The number of carbonyl (C=O) groups is 1. The molecule has 1 fully saturated rings. The number of rotatable bonds is 6. The molecule has 1 saturated heterocycles. The molecular weight excluding hydrogens is 348 g/mol. The van der Waals surface area contributed by atoms with Gasteiger partial charge in [-0.15, -0.1) is 0 Å². The van der Waals surface area contributed by atoms with Crippen molar-refractivity contribution in [2.75, 3.05) is 32.1 Å². The van der Waals surface area contributed by atoms with Crippen molar-refractivity contribution in [2.24, 2.45) is 0 Å². The molecule has 8 heteroatoms. The second-order valence-electron chi connectivity index (χ2n) is 6.58. The van der Waals surface area contributed by atoms with E-state index < -0.39 is 0 Å². The predicted molar refractivity (Wildman–Crippen MR) is 99.9 cm³/mol. The lowest BCUT2D eigenvalue weighted by Gasteiger charge is -2.31. The molecule has 1 aromatic carbocycles. The van der Waals surface area contributed by atoms with Crippen LogP contribution in [0.4, 0.5) is 10.5 Å². The van der Waals surface area contributed by atoms with Crippen LogP contribution in [0.25, 0.3) is 0 Å². The fraction of sp³-hybridized carbons (Fsp3) is 0.526. The first-order valence-electron chi connectivity index (χ1n) is 9.21. The summed E-state index contributed by atoms with van der Waals surface area (Å²) in [6.45, 7) is 6.04. The van der Waals surface area contributed by atoms with Gasteiger partial charge in [-0.05, 0) is 50.5 Å². The van der Waals surface area contributed by atoms with Crippen molar-refractivity contribution in [3.63, 3.8) is 0 Å². The van der Waals surface area contributed by atoms with Crippen LogP contribution in [0.2, 0.25) is 0 Å². The third-order valence-electron chi connectivity index (χ3n) is 4.66. The molecule has 1 unspecified atom stereocenters. The van der Waals surface area contributed by atoms with Crippen LogP contribution in [0.5, 0.6) is 5.75 Å². The Bertz CT molecular complexity index is 777. The summed E-state index contributed by atoms with van der Waals surface area (Å²) < 4.78 is 15.7. The van der Waals surface area contributed by atoms with E-state index in [-0.39, 0.29) is 11.9 Å². The lowest BCUT2D eigenvalue weighted by molar-refractivity contribution is 0.109. The molecule has 1 atom stereocenters. The maximum Gasteiger partial charge on any atom is 0.321 e. The van der Waals surface area contributed by atoms with Crippen LogP contribution in [-0.4, -0.2) is 47.9 Å². The van der Waals surface area contributed by atoms with Gasteiger partial charge in [-0.1, -0.05) is 5.16 Å². The molecule has 1 aliphatic rings. The average Bonchev–Trinajstić information content (AvgIpc) is 3.17. The van der Waals surface area contributed by atoms with Gasteiger partial charge in [-0.2, -0.15) is 4.98 Å². The molecule has 2 aromatic rings. The highest BCUT2D eigenvalue weighted by Gasteiger charge is 2.28. The molecule has 0 bridgehead atoms. The number of anilines is 1. The highest BCUT2D eigenvalue weighted by atomic mass is 16.5. The number of hydrogen-bond acceptors (Lipinski definition) is 6. The van der Waals surface area contributed by atoms with Gasteiger partial charge in [-0.25, -0.2) is 4.79 Å². The van der Waals surface area contributed by atoms with E-state index in [1.54, 1.807) is 12.0 Å². The van der Waals surface area contributed by atoms with E-state index in [4.69, 9.17) is 14.0 Å². The fourth-order valence-corrected chi connectivity index (χ4v) is 3.15. The maximum absolute atomic E-state index is 12.7. The fourth-order valence-electron chi connectivity index (χ4n) is 3.15. The second kappa shape index (κ2) is 8.85. The van der Waals surface area contributed by atoms with Gasteiger partial charge in [0.05, 0.1) is 7.11 Å². The van der Waals surface area contributed by atoms with E-state index >= 15 is 0 Å². The molecule has 0 saturated carbocycles. The highest BCUT2D eigenvalue weighted by molar-refractivity contribution is 5.90. The largest absolute Gasteiger partial charge is 0.497 e. The molecule has 0 aliphatic carbocycles. The maximum atomic E-state index is 12.7. The van der Waals surface area contributed by atoms with Gasteiger partial charge in [0.1, 0.15) is 12.4 Å². The van der Waals surface area contributed by atoms with Gasteiger partial charge in [0.2, 0.25) is 0 Å². The number of benzene rings is 1. The van der Waals surface area contributed by atoms with Crippen molar-refractivity contribution >= 4 is 11.7 Å². The van der Waals surface area contributed by atoms with Crippen LogP contribution in [0.1, 0.15) is 43.0 Å². The van der Waals surface area contributed by atoms with Gasteiger partial charge in [0.25, 0.3) is 5.89 Å². The first-order valence-corrected chi connectivity index (χ1v) is 9.21. The molecule has 8 nitrogen and oxygen atoms in total. The monoisotopic (exact) mass is 374 g/mol. The number of methoxy groups -OCH3 is 1. The minimum Gasteiger partial charge on any atom is -0.497 e. The number of aromatic nitrogens is 2. The molecule has 3 rings (SSSR count). The summed E-state index contributed by atoms with van der Waals surface area (Å²) in [5.41, 5.74) is 1.73. The van der Waals surface area contributed by atoms with Gasteiger partial charge >= 0.3 is 6.03 Å². The molecule has 1 aliphatic heterocycles. The quantitative estimate of drug-likeness (QED) is 0.834. The Morgan fingerprint density at radius 3 is 3.04 bits per heavy atom. The van der Waals surface area contributed by atoms with Crippen molar-refractivity contribution in [1.82, 2.24) is 15.0 Å². The highest BCUT2D eigenvalue weighted by Crippen LogP contribution is 2.26. The Morgan fingerprint density at radius 2 is 2.30 bits per heavy atom. The molecule has 27 heavy (non-hydrogen) atoms. The van der Waals surface area contributed by atoms with Gasteiger partial charge in [-0.3, -0.25) is 0 Å². The zero-order valence-electron chi connectivity index (χ0n) is 16.0. The normalized spacial score (nSPS) is 17.0. The third-order valence-corrected chi connectivity index (χ3v) is 4.66. The van der Waals surface area contributed by atoms with Gasteiger partial charge < -0.3 is 24.2 Å². The van der Waals surface area contributed by atoms with Crippen LogP contribution >= 0.6 is 0 Å². The number of ether oxygens (including phenoxy) is 2. The molecule has 2 heterocycles. The zero-order chi connectivity index (χ0) is 19.2. The van der Waals surface area contributed by atoms with Crippen LogP contribution in [0.15, 0.2) is 22.7 Å². The Hall–Kier alpha value is -2.61.